The van der Waals surface area contributed by atoms with Crippen LogP contribution in [0.2, 0.25) is 0 Å². The van der Waals surface area contributed by atoms with Gasteiger partial charge in [0.05, 0.1) is 11.4 Å². The van der Waals surface area contributed by atoms with Crippen molar-refractivity contribution in [3.63, 3.8) is 0 Å². The van der Waals surface area contributed by atoms with Crippen LogP contribution in [0.3, 0.4) is 0 Å². The molecule has 0 spiro atoms. The molecule has 0 aromatic heterocycles. The first-order valence-electron chi connectivity index (χ1n) is 7.29. The zero-order valence-corrected chi connectivity index (χ0v) is 11.9. The summed E-state index contributed by atoms with van der Waals surface area (Å²) in [7, 11) is 1.64. The van der Waals surface area contributed by atoms with Gasteiger partial charge < -0.3 is 16.4 Å². The molecule has 1 aliphatic heterocycles. The highest BCUT2D eigenvalue weighted by Gasteiger charge is 2.34. The largest absolute Gasteiger partial charge is 0.397 e. The molecule has 1 saturated heterocycles. The van der Waals surface area contributed by atoms with Gasteiger partial charge in [0.1, 0.15) is 0 Å². The summed E-state index contributed by atoms with van der Waals surface area (Å²) in [5, 5.41) is 6.13. The second-order valence-corrected chi connectivity index (χ2v) is 5.74. The molecule has 0 radical (unpaired) electrons. The molecular weight excluding hydrogens is 252 g/mol. The first-order chi connectivity index (χ1) is 9.67. The Kier molecular flexibility index (Phi) is 3.53. The van der Waals surface area contributed by atoms with Gasteiger partial charge in [0.15, 0.2) is 0 Å². The van der Waals surface area contributed by atoms with Crippen molar-refractivity contribution in [2.24, 2.45) is 0 Å². The molecule has 1 amide bonds. The normalized spacial score (nSPS) is 22.8. The van der Waals surface area contributed by atoms with Crippen LogP contribution in [0.15, 0.2) is 18.2 Å². The number of hydrogen-bond donors (Lipinski definition) is 3. The van der Waals surface area contributed by atoms with E-state index >= 15 is 0 Å². The number of carbonyl (C=O) groups excluding carboxylic acids is 1. The SMILES string of the molecule is CNC(=O)c1ccc(N)c(NC2CCN(C3CC3)C2)c1. The third-order valence-corrected chi connectivity index (χ3v) is 4.19. The highest BCUT2D eigenvalue weighted by molar-refractivity contribution is 5.96. The number of likely N-dealkylation sites (tertiary alicyclic amines) is 1. The van der Waals surface area contributed by atoms with E-state index in [4.69, 9.17) is 5.73 Å². The number of rotatable bonds is 4. The Morgan fingerprint density at radius 1 is 1.35 bits per heavy atom. The van der Waals surface area contributed by atoms with Gasteiger partial charge in [-0.25, -0.2) is 0 Å². The minimum absolute atomic E-state index is 0.0842. The molecule has 1 atom stereocenters. The monoisotopic (exact) mass is 274 g/mol. The number of nitrogens with one attached hydrogen (secondary N) is 2. The van der Waals surface area contributed by atoms with Gasteiger partial charge in [0.2, 0.25) is 0 Å². The third kappa shape index (κ3) is 2.72. The summed E-state index contributed by atoms with van der Waals surface area (Å²) in [6.07, 6.45) is 3.84. The molecular formula is C15H22N4O. The molecule has 1 heterocycles. The summed E-state index contributed by atoms with van der Waals surface area (Å²) in [5.41, 5.74) is 8.21. The van der Waals surface area contributed by atoms with Crippen LogP contribution in [0, 0.1) is 0 Å². The van der Waals surface area contributed by atoms with Crippen molar-refractivity contribution < 1.29 is 4.79 Å². The van der Waals surface area contributed by atoms with E-state index < -0.39 is 0 Å². The number of benzene rings is 1. The van der Waals surface area contributed by atoms with Crippen LogP contribution in [0.25, 0.3) is 0 Å². The number of carbonyl (C=O) groups is 1. The molecule has 1 aliphatic carbocycles. The molecule has 3 rings (SSSR count). The van der Waals surface area contributed by atoms with E-state index in [0.717, 1.165) is 31.2 Å². The molecule has 108 valence electrons. The number of amides is 1. The molecule has 1 aromatic rings. The van der Waals surface area contributed by atoms with E-state index in [1.165, 1.54) is 12.8 Å². The lowest BCUT2D eigenvalue weighted by atomic mass is 10.1. The summed E-state index contributed by atoms with van der Waals surface area (Å²) >= 11 is 0. The number of nitrogen functional groups attached to an aromatic ring is 1. The van der Waals surface area contributed by atoms with Gasteiger partial charge in [-0.3, -0.25) is 9.69 Å². The van der Waals surface area contributed by atoms with Crippen molar-refractivity contribution in [2.75, 3.05) is 31.2 Å². The maximum absolute atomic E-state index is 11.7. The highest BCUT2D eigenvalue weighted by Crippen LogP contribution is 2.31. The smallest absolute Gasteiger partial charge is 0.251 e. The summed E-state index contributed by atoms with van der Waals surface area (Å²) < 4.78 is 0. The molecule has 5 nitrogen and oxygen atoms in total. The topological polar surface area (TPSA) is 70.4 Å². The number of anilines is 2. The number of nitrogens with two attached hydrogens (primary N) is 1. The Bertz CT molecular complexity index is 513. The van der Waals surface area contributed by atoms with E-state index in [-0.39, 0.29) is 5.91 Å². The first-order valence-corrected chi connectivity index (χ1v) is 7.29. The molecule has 2 fully saturated rings. The summed E-state index contributed by atoms with van der Waals surface area (Å²) in [6, 6.07) is 6.63. The minimum Gasteiger partial charge on any atom is -0.397 e. The van der Waals surface area contributed by atoms with Crippen LogP contribution >= 0.6 is 0 Å². The minimum atomic E-state index is -0.0842. The third-order valence-electron chi connectivity index (χ3n) is 4.19. The molecule has 2 aliphatic rings. The van der Waals surface area contributed by atoms with Crippen molar-refractivity contribution in [3.05, 3.63) is 23.8 Å². The molecule has 5 heteroatoms. The summed E-state index contributed by atoms with van der Waals surface area (Å²) in [5.74, 6) is -0.0842. The first kappa shape index (κ1) is 13.2. The Morgan fingerprint density at radius 3 is 2.85 bits per heavy atom. The van der Waals surface area contributed by atoms with Crippen molar-refractivity contribution in [3.8, 4) is 0 Å². The predicted molar refractivity (Wildman–Crippen MR) is 80.9 cm³/mol. The Labute approximate surface area is 119 Å². The second kappa shape index (κ2) is 5.32. The second-order valence-electron chi connectivity index (χ2n) is 5.74. The average Bonchev–Trinajstić information content (AvgIpc) is 3.21. The highest BCUT2D eigenvalue weighted by atomic mass is 16.1. The lowest BCUT2D eigenvalue weighted by Gasteiger charge is -2.18. The number of hydrogen-bond acceptors (Lipinski definition) is 4. The molecule has 4 N–H and O–H groups in total. The molecule has 1 saturated carbocycles. The van der Waals surface area contributed by atoms with Crippen LogP contribution in [0.1, 0.15) is 29.6 Å². The van der Waals surface area contributed by atoms with Crippen molar-refractivity contribution in [2.45, 2.75) is 31.3 Å². The van der Waals surface area contributed by atoms with Crippen LogP contribution in [0.4, 0.5) is 11.4 Å². The van der Waals surface area contributed by atoms with E-state index in [0.29, 0.717) is 17.3 Å². The Hall–Kier alpha value is -1.75. The fraction of sp³-hybridized carbons (Fsp3) is 0.533. The Morgan fingerprint density at radius 2 is 2.15 bits per heavy atom. The van der Waals surface area contributed by atoms with Crippen LogP contribution in [-0.4, -0.2) is 43.0 Å². The molecule has 20 heavy (non-hydrogen) atoms. The maximum Gasteiger partial charge on any atom is 0.251 e. The predicted octanol–water partition coefficient (Wildman–Crippen LogP) is 1.28. The summed E-state index contributed by atoms with van der Waals surface area (Å²) in [6.45, 7) is 2.24. The van der Waals surface area contributed by atoms with Crippen LogP contribution in [0.5, 0.6) is 0 Å². The van der Waals surface area contributed by atoms with Gasteiger partial charge in [-0.2, -0.15) is 0 Å². The zero-order chi connectivity index (χ0) is 14.1. The van der Waals surface area contributed by atoms with Crippen molar-refractivity contribution in [1.29, 1.82) is 0 Å². The summed E-state index contributed by atoms with van der Waals surface area (Å²) in [4.78, 5) is 14.2. The van der Waals surface area contributed by atoms with Crippen LogP contribution < -0.4 is 16.4 Å². The van der Waals surface area contributed by atoms with E-state index in [1.54, 1.807) is 19.2 Å². The maximum atomic E-state index is 11.7. The zero-order valence-electron chi connectivity index (χ0n) is 11.9. The lowest BCUT2D eigenvalue weighted by Crippen LogP contribution is -2.28. The van der Waals surface area contributed by atoms with Crippen LogP contribution in [-0.2, 0) is 0 Å². The van der Waals surface area contributed by atoms with Gasteiger partial charge in [0.25, 0.3) is 5.91 Å². The van der Waals surface area contributed by atoms with Gasteiger partial charge in [0, 0.05) is 37.8 Å². The van der Waals surface area contributed by atoms with E-state index in [1.807, 2.05) is 6.07 Å². The molecule has 1 unspecified atom stereocenters. The average molecular weight is 274 g/mol. The Balaban J connectivity index is 1.68. The fourth-order valence-corrected chi connectivity index (χ4v) is 2.86. The molecule has 0 bridgehead atoms. The molecule has 1 aromatic carbocycles. The van der Waals surface area contributed by atoms with Gasteiger partial charge in [-0.05, 0) is 37.5 Å². The van der Waals surface area contributed by atoms with Crippen molar-refractivity contribution >= 4 is 17.3 Å². The fourth-order valence-electron chi connectivity index (χ4n) is 2.86. The van der Waals surface area contributed by atoms with Gasteiger partial charge in [-0.15, -0.1) is 0 Å². The van der Waals surface area contributed by atoms with E-state index in [9.17, 15) is 4.79 Å². The van der Waals surface area contributed by atoms with Gasteiger partial charge in [-0.1, -0.05) is 0 Å². The standard InChI is InChI=1S/C15H22N4O/c1-17-15(20)10-2-5-13(16)14(8-10)18-11-6-7-19(9-11)12-3-4-12/h2,5,8,11-12,18H,3-4,6-7,9,16H2,1H3,(H,17,20). The quantitative estimate of drug-likeness (QED) is 0.723. The van der Waals surface area contributed by atoms with E-state index in [2.05, 4.69) is 15.5 Å². The number of nitrogens with zero attached hydrogens (tertiary/aromatic N) is 1. The lowest BCUT2D eigenvalue weighted by molar-refractivity contribution is 0.0963. The van der Waals surface area contributed by atoms with Gasteiger partial charge >= 0.3 is 0 Å². The van der Waals surface area contributed by atoms with Crippen molar-refractivity contribution in [1.82, 2.24) is 10.2 Å².